The average Bonchev–Trinajstić information content (AvgIpc) is 1.54. The molecule has 25 rings (SSSR count). The molecule has 25 aromatic rings. The molecule has 123 heavy (non-hydrogen) atoms. The van der Waals surface area contributed by atoms with E-state index in [1.54, 1.807) is 0 Å². The molecular formula is C113H70N10. The van der Waals surface area contributed by atoms with Gasteiger partial charge in [-0.3, -0.25) is 0 Å². The van der Waals surface area contributed by atoms with Gasteiger partial charge in [-0.15, -0.1) is 0 Å². The van der Waals surface area contributed by atoms with Gasteiger partial charge >= 0.3 is 0 Å². The van der Waals surface area contributed by atoms with Gasteiger partial charge < -0.3 is 4.40 Å². The smallest absolute Gasteiger partial charge is 0.164 e. The first-order valence-electron chi connectivity index (χ1n) is 41.6. The summed E-state index contributed by atoms with van der Waals surface area (Å²) in [6, 6.07) is 150. The minimum atomic E-state index is 0.599. The number of hydrogen-bond donors (Lipinski definition) is 0. The summed E-state index contributed by atoms with van der Waals surface area (Å²) in [6.45, 7) is 0. The fraction of sp³-hybridized carbons (Fsp3) is 0. The molecule has 0 aliphatic heterocycles. The molecule has 0 N–H and O–H groups in total. The van der Waals surface area contributed by atoms with E-state index in [0.29, 0.717) is 23.3 Å². The van der Waals surface area contributed by atoms with Crippen molar-refractivity contribution in [2.45, 2.75) is 0 Å². The summed E-state index contributed by atoms with van der Waals surface area (Å²) in [5.74, 6) is 2.52. The average molecular weight is 1570 g/mol. The number of hydrogen-bond acceptors (Lipinski definition) is 7. The lowest BCUT2D eigenvalue weighted by Crippen LogP contribution is -2.00. The van der Waals surface area contributed by atoms with Crippen LogP contribution in [0.25, 0.3) is 238 Å². The van der Waals surface area contributed by atoms with E-state index in [1.165, 1.54) is 70.4 Å². The van der Waals surface area contributed by atoms with Crippen LogP contribution >= 0.6 is 0 Å². The van der Waals surface area contributed by atoms with Crippen LogP contribution in [0.3, 0.4) is 0 Å². The maximum absolute atomic E-state index is 5.46. The summed E-state index contributed by atoms with van der Waals surface area (Å²) in [7, 11) is 0. The molecule has 0 fully saturated rings. The van der Waals surface area contributed by atoms with Gasteiger partial charge in [0.05, 0.1) is 50.4 Å². The maximum atomic E-state index is 5.46. The second-order valence-electron chi connectivity index (χ2n) is 31.5. The highest BCUT2D eigenvalue weighted by Gasteiger charge is 2.27. The summed E-state index contributed by atoms with van der Waals surface area (Å²) in [4.78, 5) is 26.3. The number of nitrogens with zero attached hydrogens (tertiary/aromatic N) is 10. The van der Waals surface area contributed by atoms with Gasteiger partial charge in [-0.05, 0) is 115 Å². The Morgan fingerprint density at radius 2 is 0.488 bits per heavy atom. The quantitative estimate of drug-likeness (QED) is 0.112. The van der Waals surface area contributed by atoms with Crippen LogP contribution in [0, 0.1) is 0 Å². The number of pyridine rings is 2. The first-order valence-corrected chi connectivity index (χ1v) is 41.6. The molecule has 0 aliphatic rings. The Morgan fingerprint density at radius 1 is 0.171 bits per heavy atom. The Labute approximate surface area is 706 Å². The van der Waals surface area contributed by atoms with Crippen LogP contribution in [0.2, 0.25) is 0 Å². The zero-order chi connectivity index (χ0) is 81.0. The SMILES string of the molecule is c1ccc(-c2nc(-c3cccc(-c4c(-c5ccccc5)nn5c(-c6ccccc6)cc6ccccc6c45)c3)cc(-c3cc4c5ccccc5n5c6ccccc6c(c3)c45)n2)cc1.c1ccc(-c2nc(-c3cccc(-c4c(-c5ccccc5)nn5c(-c6ccccc6)cc6ccccc6c45)c3)nc(-c3ccc4c5ccccc5c5ccccc5c4c3)n2)cc1. The van der Waals surface area contributed by atoms with Crippen molar-refractivity contribution in [3.8, 4) is 135 Å². The Morgan fingerprint density at radius 3 is 0.951 bits per heavy atom. The third-order valence-corrected chi connectivity index (χ3v) is 24.3. The van der Waals surface area contributed by atoms with Crippen molar-refractivity contribution < 1.29 is 0 Å². The topological polar surface area (TPSA) is 103 Å². The van der Waals surface area contributed by atoms with Crippen LogP contribution in [-0.4, -0.2) is 48.5 Å². The van der Waals surface area contributed by atoms with E-state index in [4.69, 9.17) is 35.1 Å². The van der Waals surface area contributed by atoms with Crippen molar-refractivity contribution in [2.75, 3.05) is 0 Å². The third kappa shape index (κ3) is 12.0. The minimum Gasteiger partial charge on any atom is -0.308 e. The Kier molecular flexibility index (Phi) is 16.7. The van der Waals surface area contributed by atoms with Gasteiger partial charge in [0.25, 0.3) is 0 Å². The first kappa shape index (κ1) is 70.5. The fourth-order valence-corrected chi connectivity index (χ4v) is 18.6. The molecule has 572 valence electrons. The van der Waals surface area contributed by atoms with Crippen LogP contribution in [0.4, 0.5) is 0 Å². The highest BCUT2D eigenvalue weighted by molar-refractivity contribution is 6.27. The van der Waals surface area contributed by atoms with Crippen LogP contribution in [0.15, 0.2) is 425 Å². The lowest BCUT2D eigenvalue weighted by molar-refractivity contribution is 0.979. The van der Waals surface area contributed by atoms with Crippen molar-refractivity contribution >= 4 is 103 Å². The Balaban J connectivity index is 0.000000139. The molecule has 10 nitrogen and oxygen atoms in total. The second-order valence-corrected chi connectivity index (χ2v) is 31.5. The predicted octanol–water partition coefficient (Wildman–Crippen LogP) is 28.6. The van der Waals surface area contributed by atoms with Gasteiger partial charge in [0.1, 0.15) is 11.4 Å². The molecule has 0 spiro atoms. The van der Waals surface area contributed by atoms with Crippen molar-refractivity contribution in [1.82, 2.24) is 48.5 Å². The van der Waals surface area contributed by atoms with Crippen LogP contribution in [-0.2, 0) is 0 Å². The first-order chi connectivity index (χ1) is 61.0. The number of aromatic nitrogens is 10. The standard InChI is InChI=1S/C57H35N5.C56H35N5/c1-4-17-36(18-5-1)52-34-39-23-10-11-26-43(39)56-53(54(60-62(52)56)37-19-6-2-7-20-37)41-25-16-24-40(31-41)48-35-49(59-57(58-48)38-21-8-3-9-22-38)42-32-46-44-27-12-14-29-50(44)61-51-30-15-13-28-45(51)47(33-42)55(46)61;1-4-17-36(18-5-1)50-35-39-23-10-11-26-43(39)53-51(52(60-61(50)53)37-19-6-2-7-20-37)40-24-16-25-41(33-40)55-57-54(38-21-8-3-9-22-38)58-56(59-55)42-31-32-48-46-29-13-12-27-44(46)45-28-14-15-30-47(45)49(48)34-42/h1-35H;1-35H. The molecule has 10 heteroatoms. The molecule has 0 saturated carbocycles. The molecule has 8 heterocycles. The van der Waals surface area contributed by atoms with E-state index in [1.807, 2.05) is 30.3 Å². The summed E-state index contributed by atoms with van der Waals surface area (Å²) in [6.07, 6.45) is 0. The Hall–Kier alpha value is -16.7. The zero-order valence-corrected chi connectivity index (χ0v) is 66.4. The number of benzene rings is 17. The van der Waals surface area contributed by atoms with Gasteiger partial charge in [-0.2, -0.15) is 10.2 Å². The monoisotopic (exact) mass is 1570 g/mol. The lowest BCUT2D eigenvalue weighted by atomic mass is 9.93. The molecule has 0 unspecified atom stereocenters. The van der Waals surface area contributed by atoms with Crippen LogP contribution in [0.5, 0.6) is 0 Å². The number of para-hydroxylation sites is 2. The molecule has 8 aromatic heterocycles. The van der Waals surface area contributed by atoms with Gasteiger partial charge in [0.2, 0.25) is 0 Å². The van der Waals surface area contributed by atoms with E-state index < -0.39 is 0 Å². The molecule has 0 aliphatic carbocycles. The van der Waals surface area contributed by atoms with Crippen LogP contribution in [0.1, 0.15) is 0 Å². The largest absolute Gasteiger partial charge is 0.308 e. The van der Waals surface area contributed by atoms with Gasteiger partial charge in [0, 0.05) is 99.1 Å². The molecule has 0 amide bonds. The van der Waals surface area contributed by atoms with E-state index in [9.17, 15) is 0 Å². The zero-order valence-electron chi connectivity index (χ0n) is 66.4. The highest BCUT2D eigenvalue weighted by Crippen LogP contribution is 2.48. The van der Waals surface area contributed by atoms with Gasteiger partial charge in [-0.25, -0.2) is 34.0 Å². The summed E-state index contributed by atoms with van der Waals surface area (Å²) >= 11 is 0. The molecule has 0 radical (unpaired) electrons. The molecule has 17 aromatic carbocycles. The van der Waals surface area contributed by atoms with E-state index >= 15 is 0 Å². The van der Waals surface area contributed by atoms with Crippen molar-refractivity contribution in [1.29, 1.82) is 0 Å². The van der Waals surface area contributed by atoms with E-state index in [-0.39, 0.29) is 0 Å². The Bertz CT molecular complexity index is 8360. The summed E-state index contributed by atoms with van der Waals surface area (Å²) in [5, 5.41) is 27.7. The number of rotatable bonds is 12. The second kappa shape index (κ2) is 29.1. The van der Waals surface area contributed by atoms with E-state index in [0.717, 1.165) is 145 Å². The summed E-state index contributed by atoms with van der Waals surface area (Å²) < 4.78 is 6.69. The van der Waals surface area contributed by atoms with Crippen molar-refractivity contribution in [3.63, 3.8) is 0 Å². The summed E-state index contributed by atoms with van der Waals surface area (Å²) in [5.41, 5.74) is 25.7. The normalized spacial score (nSPS) is 11.7. The van der Waals surface area contributed by atoms with E-state index in [2.05, 4.69) is 408 Å². The third-order valence-electron chi connectivity index (χ3n) is 24.3. The number of fused-ring (bicyclic) bond motifs is 18. The minimum absolute atomic E-state index is 0.599. The van der Waals surface area contributed by atoms with Crippen LogP contribution < -0.4 is 0 Å². The molecular weight excluding hydrogens is 1500 g/mol. The van der Waals surface area contributed by atoms with Gasteiger partial charge in [0.15, 0.2) is 23.3 Å². The lowest BCUT2D eigenvalue weighted by Gasteiger charge is -2.13. The highest BCUT2D eigenvalue weighted by atomic mass is 15.2. The fourth-order valence-electron chi connectivity index (χ4n) is 18.6. The maximum Gasteiger partial charge on any atom is 0.164 e. The molecule has 0 bridgehead atoms. The molecule has 0 atom stereocenters. The van der Waals surface area contributed by atoms with Gasteiger partial charge in [-0.1, -0.05) is 364 Å². The van der Waals surface area contributed by atoms with Crippen molar-refractivity contribution in [3.05, 3.63) is 425 Å². The van der Waals surface area contributed by atoms with Crippen molar-refractivity contribution in [2.24, 2.45) is 0 Å². The predicted molar refractivity (Wildman–Crippen MR) is 507 cm³/mol. The molecule has 0 saturated heterocycles.